The van der Waals surface area contributed by atoms with E-state index >= 15 is 0 Å². The highest BCUT2D eigenvalue weighted by Gasteiger charge is 2.21. The smallest absolute Gasteiger partial charge is 0.210 e. The Labute approximate surface area is 91.1 Å². The van der Waals surface area contributed by atoms with Crippen molar-refractivity contribution in [3.8, 4) is 0 Å². The van der Waals surface area contributed by atoms with Crippen LogP contribution >= 0.6 is 15.9 Å². The largest absolute Gasteiger partial charge is 0.385 e. The molecule has 0 spiro atoms. The highest BCUT2D eigenvalue weighted by atomic mass is 79.9. The number of aliphatic hydroxyl groups is 1. The van der Waals surface area contributed by atoms with Gasteiger partial charge in [-0.05, 0) is 36.7 Å². The van der Waals surface area contributed by atoms with Crippen LogP contribution in [0.5, 0.6) is 0 Å². The molecule has 0 aliphatic heterocycles. The molecule has 0 bridgehead atoms. The number of aromatic nitrogens is 2. The molecule has 0 fully saturated rings. The number of Topliss-reactive ketones (excluding diaryl/α,β-unsaturated/α-hetero) is 1. The lowest BCUT2D eigenvalue weighted by Crippen LogP contribution is -2.22. The highest BCUT2D eigenvalue weighted by Crippen LogP contribution is 2.20. The molecule has 4 nitrogen and oxygen atoms in total. The molecule has 0 saturated carbocycles. The summed E-state index contributed by atoms with van der Waals surface area (Å²) >= 11 is 3.24. The van der Waals surface area contributed by atoms with E-state index in [9.17, 15) is 9.90 Å². The van der Waals surface area contributed by atoms with Gasteiger partial charge in [-0.15, -0.1) is 0 Å². The summed E-state index contributed by atoms with van der Waals surface area (Å²) in [6.07, 6.45) is 0.566. The van der Waals surface area contributed by atoms with Crippen molar-refractivity contribution in [1.29, 1.82) is 0 Å². The fourth-order valence-electron chi connectivity index (χ4n) is 1.16. The van der Waals surface area contributed by atoms with Crippen molar-refractivity contribution in [2.24, 2.45) is 0 Å². The van der Waals surface area contributed by atoms with Gasteiger partial charge in [0.1, 0.15) is 11.8 Å². The Balaban J connectivity index is 3.17. The Hall–Kier alpha value is -0.680. The maximum atomic E-state index is 11.6. The van der Waals surface area contributed by atoms with E-state index in [1.165, 1.54) is 6.92 Å². The molecule has 78 valence electrons. The Bertz CT molecular complexity index is 345. The third-order valence-electron chi connectivity index (χ3n) is 1.85. The molecule has 1 atom stereocenters. The van der Waals surface area contributed by atoms with Gasteiger partial charge >= 0.3 is 0 Å². The number of carbonyl (C=O) groups excluding carboxylic acids is 1. The normalized spacial score (nSPS) is 13.3. The average molecular weight is 261 g/mol. The summed E-state index contributed by atoms with van der Waals surface area (Å²) in [5.41, 5.74) is 0.426. The quantitative estimate of drug-likeness (QED) is 0.844. The molecule has 0 radical (unpaired) electrons. The second-order valence-corrected chi connectivity index (χ2v) is 4.27. The lowest BCUT2D eigenvalue weighted by atomic mass is 10.2. The molecule has 1 aromatic rings. The van der Waals surface area contributed by atoms with Crippen LogP contribution in [0.25, 0.3) is 0 Å². The van der Waals surface area contributed by atoms with Gasteiger partial charge in [0.05, 0.1) is 10.7 Å². The van der Waals surface area contributed by atoms with Crippen molar-refractivity contribution < 1.29 is 9.90 Å². The molecule has 1 unspecified atom stereocenters. The predicted octanol–water partition coefficient (Wildman–Crippen LogP) is 1.79. The van der Waals surface area contributed by atoms with E-state index in [0.717, 1.165) is 0 Å². The molecule has 0 aliphatic carbocycles. The summed E-state index contributed by atoms with van der Waals surface area (Å²) in [6.45, 7) is 5.31. The summed E-state index contributed by atoms with van der Waals surface area (Å²) in [4.78, 5) is 11.6. The molecule has 1 N–H and O–H groups in total. The standard InChI is InChI=1S/C9H13BrN2O2/c1-5(2)12-8(7(10)4-11-12)9(14)6(3)13/h4-6,13H,1-3H3. The van der Waals surface area contributed by atoms with Gasteiger partial charge in [0.15, 0.2) is 0 Å². The predicted molar refractivity (Wildman–Crippen MR) is 56.3 cm³/mol. The van der Waals surface area contributed by atoms with Crippen LogP contribution in [0.3, 0.4) is 0 Å². The van der Waals surface area contributed by atoms with Gasteiger partial charge < -0.3 is 5.11 Å². The summed E-state index contributed by atoms with van der Waals surface area (Å²) < 4.78 is 2.22. The fourth-order valence-corrected chi connectivity index (χ4v) is 1.63. The SMILES string of the molecule is CC(O)C(=O)c1c(Br)cnn1C(C)C. The third-order valence-corrected chi connectivity index (χ3v) is 2.43. The lowest BCUT2D eigenvalue weighted by Gasteiger charge is -2.11. The lowest BCUT2D eigenvalue weighted by molar-refractivity contribution is 0.0765. The molecule has 1 rings (SSSR count). The van der Waals surface area contributed by atoms with Gasteiger partial charge in [0.2, 0.25) is 5.78 Å². The topological polar surface area (TPSA) is 55.1 Å². The van der Waals surface area contributed by atoms with Crippen LogP contribution in [0.15, 0.2) is 10.7 Å². The van der Waals surface area contributed by atoms with E-state index in [1.807, 2.05) is 13.8 Å². The Kier molecular flexibility index (Phi) is 3.44. The van der Waals surface area contributed by atoms with Crippen LogP contribution < -0.4 is 0 Å². The van der Waals surface area contributed by atoms with Gasteiger partial charge in [-0.25, -0.2) is 0 Å². The maximum absolute atomic E-state index is 11.6. The molecular formula is C9H13BrN2O2. The van der Waals surface area contributed by atoms with Gasteiger partial charge in [0, 0.05) is 6.04 Å². The molecule has 14 heavy (non-hydrogen) atoms. The first kappa shape index (κ1) is 11.4. The zero-order chi connectivity index (χ0) is 10.9. The van der Waals surface area contributed by atoms with Crippen molar-refractivity contribution in [3.05, 3.63) is 16.4 Å². The van der Waals surface area contributed by atoms with Crippen LogP contribution in [-0.2, 0) is 0 Å². The zero-order valence-electron chi connectivity index (χ0n) is 8.36. The molecule has 0 aromatic carbocycles. The van der Waals surface area contributed by atoms with Gasteiger partial charge in [-0.3, -0.25) is 9.48 Å². The zero-order valence-corrected chi connectivity index (χ0v) is 9.95. The molecule has 1 aromatic heterocycles. The molecule has 5 heteroatoms. The summed E-state index contributed by atoms with van der Waals surface area (Å²) in [5, 5.41) is 13.3. The molecular weight excluding hydrogens is 248 g/mol. The second-order valence-electron chi connectivity index (χ2n) is 3.42. The van der Waals surface area contributed by atoms with E-state index < -0.39 is 6.10 Å². The molecule has 0 saturated heterocycles. The van der Waals surface area contributed by atoms with Gasteiger partial charge in [0.25, 0.3) is 0 Å². The number of carbonyl (C=O) groups is 1. The van der Waals surface area contributed by atoms with E-state index in [0.29, 0.717) is 10.2 Å². The minimum atomic E-state index is -1.000. The summed E-state index contributed by atoms with van der Waals surface area (Å²) in [5.74, 6) is -0.317. The van der Waals surface area contributed by atoms with E-state index in [4.69, 9.17) is 0 Å². The Morgan fingerprint density at radius 3 is 2.57 bits per heavy atom. The minimum Gasteiger partial charge on any atom is -0.385 e. The van der Waals surface area contributed by atoms with Crippen LogP contribution in [0.1, 0.15) is 37.3 Å². The number of hydrogen-bond acceptors (Lipinski definition) is 3. The first-order chi connectivity index (χ1) is 6.45. The average Bonchev–Trinajstić information content (AvgIpc) is 2.45. The van der Waals surface area contributed by atoms with Gasteiger partial charge in [-0.1, -0.05) is 0 Å². The maximum Gasteiger partial charge on any atom is 0.210 e. The molecule has 0 aliphatic rings. The number of hydrogen-bond donors (Lipinski definition) is 1. The molecule has 0 amide bonds. The summed E-state index contributed by atoms with van der Waals surface area (Å²) in [7, 11) is 0. The number of aliphatic hydroxyl groups excluding tert-OH is 1. The van der Waals surface area contributed by atoms with Crippen LogP contribution in [0.2, 0.25) is 0 Å². The number of halogens is 1. The first-order valence-corrected chi connectivity index (χ1v) is 5.19. The third kappa shape index (κ3) is 2.04. The van der Waals surface area contributed by atoms with Gasteiger partial charge in [-0.2, -0.15) is 5.10 Å². The van der Waals surface area contributed by atoms with E-state index in [-0.39, 0.29) is 11.8 Å². The minimum absolute atomic E-state index is 0.0963. The fraction of sp³-hybridized carbons (Fsp3) is 0.556. The molecule has 1 heterocycles. The Morgan fingerprint density at radius 1 is 1.57 bits per heavy atom. The summed E-state index contributed by atoms with van der Waals surface area (Å²) in [6, 6.07) is 0.0963. The van der Waals surface area contributed by atoms with Crippen LogP contribution in [0, 0.1) is 0 Å². The van der Waals surface area contributed by atoms with E-state index in [1.54, 1.807) is 10.9 Å². The van der Waals surface area contributed by atoms with Crippen molar-refractivity contribution >= 4 is 21.7 Å². The van der Waals surface area contributed by atoms with E-state index in [2.05, 4.69) is 21.0 Å². The van der Waals surface area contributed by atoms with Crippen LogP contribution in [-0.4, -0.2) is 26.8 Å². The number of ketones is 1. The Morgan fingerprint density at radius 2 is 2.14 bits per heavy atom. The first-order valence-electron chi connectivity index (χ1n) is 4.40. The number of nitrogens with zero attached hydrogens (tertiary/aromatic N) is 2. The van der Waals surface area contributed by atoms with Crippen molar-refractivity contribution in [2.45, 2.75) is 32.9 Å². The van der Waals surface area contributed by atoms with Crippen molar-refractivity contribution in [3.63, 3.8) is 0 Å². The van der Waals surface area contributed by atoms with Crippen LogP contribution in [0.4, 0.5) is 0 Å². The second kappa shape index (κ2) is 4.23. The van der Waals surface area contributed by atoms with Crippen molar-refractivity contribution in [1.82, 2.24) is 9.78 Å². The highest BCUT2D eigenvalue weighted by molar-refractivity contribution is 9.10. The van der Waals surface area contributed by atoms with Crippen molar-refractivity contribution in [2.75, 3.05) is 0 Å². The number of rotatable bonds is 3. The monoisotopic (exact) mass is 260 g/mol.